The second kappa shape index (κ2) is 4.38. The quantitative estimate of drug-likeness (QED) is 0.329. The Kier molecular flexibility index (Phi) is 2.54. The molecule has 0 N–H and O–H groups in total. The van der Waals surface area contributed by atoms with Gasteiger partial charge in [0.25, 0.3) is 0 Å². The Balaban J connectivity index is 1.96. The lowest BCUT2D eigenvalue weighted by atomic mass is 9.61. The summed E-state index contributed by atoms with van der Waals surface area (Å²) in [5.74, 6) is 0.386. The molecule has 3 aromatic carbocycles. The standard InChI is InChI=1S/C20H12Cl2/c21-15-9-3-7-13-17-11-5-1-2-6-12(11)20(18(13)15)19-14(17)8-4-10-16(19)22/h1-10,17,20H. The highest BCUT2D eigenvalue weighted by Gasteiger charge is 2.42. The Morgan fingerprint density at radius 2 is 0.955 bits per heavy atom. The predicted octanol–water partition coefficient (Wildman–Crippen LogP) is 5.98. The van der Waals surface area contributed by atoms with Crippen LogP contribution in [0.5, 0.6) is 0 Å². The molecule has 2 heteroatoms. The highest BCUT2D eigenvalue weighted by Crippen LogP contribution is 2.58. The van der Waals surface area contributed by atoms with Crippen LogP contribution in [0, 0.1) is 0 Å². The van der Waals surface area contributed by atoms with Crippen molar-refractivity contribution in [3.05, 3.63) is 104 Å². The van der Waals surface area contributed by atoms with Crippen molar-refractivity contribution in [2.45, 2.75) is 11.8 Å². The van der Waals surface area contributed by atoms with E-state index in [2.05, 4.69) is 48.5 Å². The Hall–Kier alpha value is -1.76. The molecule has 22 heavy (non-hydrogen) atoms. The number of hydrogen-bond donors (Lipinski definition) is 0. The molecule has 0 saturated heterocycles. The van der Waals surface area contributed by atoms with E-state index >= 15 is 0 Å². The monoisotopic (exact) mass is 322 g/mol. The molecule has 0 unspecified atom stereocenters. The third-order valence-electron chi connectivity index (χ3n) is 4.99. The fraction of sp³-hybridized carbons (Fsp3) is 0.100. The fourth-order valence-corrected chi connectivity index (χ4v) is 4.80. The van der Waals surface area contributed by atoms with Crippen molar-refractivity contribution in [2.75, 3.05) is 0 Å². The van der Waals surface area contributed by atoms with Gasteiger partial charge in [0.2, 0.25) is 0 Å². The predicted molar refractivity (Wildman–Crippen MR) is 91.2 cm³/mol. The van der Waals surface area contributed by atoms with Crippen LogP contribution in [-0.2, 0) is 0 Å². The van der Waals surface area contributed by atoms with Gasteiger partial charge in [0.1, 0.15) is 0 Å². The molecule has 3 aliphatic rings. The molecule has 3 aromatic rings. The molecule has 0 saturated carbocycles. The van der Waals surface area contributed by atoms with E-state index in [1.165, 1.54) is 33.4 Å². The van der Waals surface area contributed by atoms with Gasteiger partial charge < -0.3 is 0 Å². The van der Waals surface area contributed by atoms with E-state index < -0.39 is 0 Å². The minimum Gasteiger partial charge on any atom is -0.0840 e. The summed E-state index contributed by atoms with van der Waals surface area (Å²) in [7, 11) is 0. The van der Waals surface area contributed by atoms with Crippen molar-refractivity contribution in [1.82, 2.24) is 0 Å². The van der Waals surface area contributed by atoms with E-state index in [1.54, 1.807) is 0 Å². The topological polar surface area (TPSA) is 0 Å². The van der Waals surface area contributed by atoms with E-state index in [1.807, 2.05) is 12.1 Å². The average Bonchev–Trinajstić information content (AvgIpc) is 2.55. The smallest absolute Gasteiger partial charge is 0.0450 e. The molecule has 0 radical (unpaired) electrons. The molecule has 0 nitrogen and oxygen atoms in total. The van der Waals surface area contributed by atoms with Crippen LogP contribution in [0.25, 0.3) is 0 Å². The minimum atomic E-state index is 0.147. The molecule has 0 atom stereocenters. The molecular formula is C20H12Cl2. The lowest BCUT2D eigenvalue weighted by Gasteiger charge is -2.42. The van der Waals surface area contributed by atoms with Crippen LogP contribution in [0.3, 0.4) is 0 Å². The van der Waals surface area contributed by atoms with E-state index in [0.717, 1.165) is 10.0 Å². The molecule has 6 rings (SSSR count). The molecule has 3 aliphatic carbocycles. The van der Waals surface area contributed by atoms with Gasteiger partial charge in [-0.1, -0.05) is 71.7 Å². The zero-order chi connectivity index (χ0) is 14.8. The van der Waals surface area contributed by atoms with Crippen LogP contribution in [0.1, 0.15) is 45.2 Å². The van der Waals surface area contributed by atoms with Gasteiger partial charge >= 0.3 is 0 Å². The van der Waals surface area contributed by atoms with E-state index in [4.69, 9.17) is 23.2 Å². The van der Waals surface area contributed by atoms with Crippen molar-refractivity contribution >= 4 is 23.2 Å². The first-order valence-corrected chi connectivity index (χ1v) is 8.18. The second-order valence-electron chi connectivity index (χ2n) is 5.98. The number of rotatable bonds is 0. The Morgan fingerprint density at radius 3 is 1.50 bits per heavy atom. The van der Waals surface area contributed by atoms with E-state index in [9.17, 15) is 0 Å². The molecule has 0 heterocycles. The molecule has 0 fully saturated rings. The maximum atomic E-state index is 6.58. The van der Waals surface area contributed by atoms with Gasteiger partial charge in [-0.05, 0) is 45.5 Å². The van der Waals surface area contributed by atoms with Crippen LogP contribution in [0.4, 0.5) is 0 Å². The van der Waals surface area contributed by atoms with Crippen LogP contribution in [-0.4, -0.2) is 0 Å². The first kappa shape index (κ1) is 12.8. The van der Waals surface area contributed by atoms with Crippen molar-refractivity contribution in [2.24, 2.45) is 0 Å². The molecule has 0 amide bonds. The minimum absolute atomic E-state index is 0.147. The van der Waals surface area contributed by atoms with Crippen LogP contribution in [0.2, 0.25) is 10.0 Å². The van der Waals surface area contributed by atoms with Gasteiger partial charge in [-0.2, -0.15) is 0 Å². The molecule has 2 bridgehead atoms. The normalized spacial score (nSPS) is 20.3. The first-order valence-electron chi connectivity index (χ1n) is 7.43. The Morgan fingerprint density at radius 1 is 0.500 bits per heavy atom. The van der Waals surface area contributed by atoms with Crippen molar-refractivity contribution < 1.29 is 0 Å². The van der Waals surface area contributed by atoms with Crippen LogP contribution < -0.4 is 0 Å². The number of halogens is 2. The fourth-order valence-electron chi connectivity index (χ4n) is 4.21. The van der Waals surface area contributed by atoms with Gasteiger partial charge in [0.05, 0.1) is 0 Å². The maximum Gasteiger partial charge on any atom is 0.0450 e. The summed E-state index contributed by atoms with van der Waals surface area (Å²) in [6, 6.07) is 21.2. The average molecular weight is 323 g/mol. The summed E-state index contributed by atoms with van der Waals surface area (Å²) in [5.41, 5.74) is 7.84. The molecule has 106 valence electrons. The molecule has 0 aliphatic heterocycles. The number of benzene rings is 3. The van der Waals surface area contributed by atoms with Gasteiger partial charge in [-0.15, -0.1) is 0 Å². The third-order valence-corrected chi connectivity index (χ3v) is 5.65. The summed E-state index contributed by atoms with van der Waals surface area (Å²) < 4.78 is 0. The van der Waals surface area contributed by atoms with Gasteiger partial charge in [0, 0.05) is 21.9 Å². The maximum absolute atomic E-state index is 6.58. The number of hydrogen-bond acceptors (Lipinski definition) is 0. The molecular weight excluding hydrogens is 311 g/mol. The Bertz CT molecular complexity index is 873. The van der Waals surface area contributed by atoms with Crippen molar-refractivity contribution in [3.63, 3.8) is 0 Å². The highest BCUT2D eigenvalue weighted by atomic mass is 35.5. The SMILES string of the molecule is Clc1cccc2c1C1c3ccccc3C2c2cccc(Cl)c21. The Labute approximate surface area is 139 Å². The van der Waals surface area contributed by atoms with Crippen molar-refractivity contribution in [1.29, 1.82) is 0 Å². The van der Waals surface area contributed by atoms with Crippen LogP contribution in [0.15, 0.2) is 60.7 Å². The highest BCUT2D eigenvalue weighted by molar-refractivity contribution is 6.33. The van der Waals surface area contributed by atoms with Gasteiger partial charge in [-0.25, -0.2) is 0 Å². The summed E-state index contributed by atoms with van der Waals surface area (Å²) in [6.45, 7) is 0. The van der Waals surface area contributed by atoms with Crippen LogP contribution >= 0.6 is 23.2 Å². The molecule has 0 spiro atoms. The van der Waals surface area contributed by atoms with Crippen molar-refractivity contribution in [3.8, 4) is 0 Å². The lowest BCUT2D eigenvalue weighted by molar-refractivity contribution is 0.755. The third kappa shape index (κ3) is 1.45. The lowest BCUT2D eigenvalue weighted by Crippen LogP contribution is -2.28. The summed E-state index contributed by atoms with van der Waals surface area (Å²) >= 11 is 13.2. The zero-order valence-corrected chi connectivity index (χ0v) is 13.2. The van der Waals surface area contributed by atoms with E-state index in [0.29, 0.717) is 0 Å². The second-order valence-corrected chi connectivity index (χ2v) is 6.79. The van der Waals surface area contributed by atoms with E-state index in [-0.39, 0.29) is 11.8 Å². The van der Waals surface area contributed by atoms with Gasteiger partial charge in [-0.3, -0.25) is 0 Å². The largest absolute Gasteiger partial charge is 0.0840 e. The summed E-state index contributed by atoms with van der Waals surface area (Å²) in [5, 5.41) is 1.68. The molecule has 0 aromatic heterocycles. The summed E-state index contributed by atoms with van der Waals surface area (Å²) in [6.07, 6.45) is 0. The zero-order valence-electron chi connectivity index (χ0n) is 11.7. The summed E-state index contributed by atoms with van der Waals surface area (Å²) in [4.78, 5) is 0. The first-order chi connectivity index (χ1) is 10.8. The van der Waals surface area contributed by atoms with Gasteiger partial charge in [0.15, 0.2) is 0 Å².